The second-order valence-electron chi connectivity index (χ2n) is 3.29. The summed E-state index contributed by atoms with van der Waals surface area (Å²) in [6.45, 7) is 4.22. The molecule has 2 aromatic rings. The lowest BCUT2D eigenvalue weighted by atomic mass is 10.2. The first-order chi connectivity index (χ1) is 6.66. The van der Waals surface area contributed by atoms with Gasteiger partial charge in [0.2, 0.25) is 0 Å². The van der Waals surface area contributed by atoms with Crippen LogP contribution in [0.5, 0.6) is 0 Å². The van der Waals surface area contributed by atoms with Crippen LogP contribution in [0.1, 0.15) is 24.8 Å². The molecule has 0 unspecified atom stereocenters. The van der Waals surface area contributed by atoms with Gasteiger partial charge in [-0.25, -0.2) is 9.97 Å². The van der Waals surface area contributed by atoms with Gasteiger partial charge in [0, 0.05) is 11.3 Å². The monoisotopic (exact) mass is 209 g/mol. The Morgan fingerprint density at radius 1 is 1.50 bits per heavy atom. The van der Waals surface area contributed by atoms with Gasteiger partial charge >= 0.3 is 0 Å². The van der Waals surface area contributed by atoms with Crippen molar-refractivity contribution in [2.24, 2.45) is 0 Å². The molecule has 2 N–H and O–H groups in total. The summed E-state index contributed by atoms with van der Waals surface area (Å²) in [7, 11) is 0. The Kier molecular flexibility index (Phi) is 2.25. The van der Waals surface area contributed by atoms with Gasteiger partial charge < -0.3 is 10.2 Å². The molecule has 0 radical (unpaired) electrons. The first kappa shape index (κ1) is 9.21. The summed E-state index contributed by atoms with van der Waals surface area (Å²) in [5.74, 6) is 1.07. The first-order valence-electron chi connectivity index (χ1n) is 4.34. The summed E-state index contributed by atoms with van der Waals surface area (Å²) in [6.07, 6.45) is 1.59. The molecule has 0 aliphatic heterocycles. The molecule has 2 aromatic heterocycles. The van der Waals surface area contributed by atoms with Crippen molar-refractivity contribution in [3.05, 3.63) is 16.6 Å². The van der Waals surface area contributed by atoms with Crippen LogP contribution >= 0.6 is 11.3 Å². The Labute approximate surface area is 85.8 Å². The van der Waals surface area contributed by atoms with Gasteiger partial charge in [0.05, 0.1) is 11.2 Å². The quantitative estimate of drug-likeness (QED) is 0.825. The van der Waals surface area contributed by atoms with E-state index in [0.717, 1.165) is 10.7 Å². The van der Waals surface area contributed by atoms with Gasteiger partial charge in [0.15, 0.2) is 5.76 Å². The van der Waals surface area contributed by atoms with E-state index >= 15 is 0 Å². The van der Waals surface area contributed by atoms with Crippen LogP contribution in [-0.4, -0.2) is 9.97 Å². The van der Waals surface area contributed by atoms with E-state index in [0.29, 0.717) is 11.7 Å². The standard InChI is InChI=1S/C9H11N3OS/c1-5(2)8-12-6(4-14-8)7-3-11-9(10)13-7/h3-5H,1-2H3,(H2,10,11). The Bertz CT molecular complexity index is 433. The molecule has 0 atom stereocenters. The van der Waals surface area contributed by atoms with Crippen LogP contribution in [0.2, 0.25) is 0 Å². The van der Waals surface area contributed by atoms with Crippen molar-refractivity contribution in [1.29, 1.82) is 0 Å². The Balaban J connectivity index is 2.33. The highest BCUT2D eigenvalue weighted by atomic mass is 32.1. The number of nitrogen functional groups attached to an aromatic ring is 1. The Morgan fingerprint density at radius 3 is 2.79 bits per heavy atom. The lowest BCUT2D eigenvalue weighted by Crippen LogP contribution is -1.84. The molecule has 74 valence electrons. The molecule has 0 aromatic carbocycles. The summed E-state index contributed by atoms with van der Waals surface area (Å²) in [6, 6.07) is 0.180. The van der Waals surface area contributed by atoms with Crippen molar-refractivity contribution < 1.29 is 4.42 Å². The number of nitrogens with two attached hydrogens (primary N) is 1. The molecule has 14 heavy (non-hydrogen) atoms. The molecule has 2 rings (SSSR count). The minimum atomic E-state index is 0.180. The Hall–Kier alpha value is -1.36. The highest BCUT2D eigenvalue weighted by Crippen LogP contribution is 2.26. The molecule has 2 heterocycles. The fourth-order valence-electron chi connectivity index (χ4n) is 1.07. The number of anilines is 1. The van der Waals surface area contributed by atoms with Gasteiger partial charge in [-0.3, -0.25) is 0 Å². The number of hydrogen-bond donors (Lipinski definition) is 1. The van der Waals surface area contributed by atoms with E-state index in [1.165, 1.54) is 0 Å². The topological polar surface area (TPSA) is 64.9 Å². The van der Waals surface area contributed by atoms with E-state index in [-0.39, 0.29) is 6.01 Å². The molecule has 0 fully saturated rings. The van der Waals surface area contributed by atoms with Gasteiger partial charge in [0.25, 0.3) is 6.01 Å². The maximum absolute atomic E-state index is 5.38. The van der Waals surface area contributed by atoms with Crippen LogP contribution in [0.4, 0.5) is 6.01 Å². The molecule has 0 aliphatic rings. The fourth-order valence-corrected chi connectivity index (χ4v) is 1.90. The van der Waals surface area contributed by atoms with Crippen molar-refractivity contribution in [2.75, 3.05) is 5.73 Å². The number of thiazole rings is 1. The maximum atomic E-state index is 5.38. The van der Waals surface area contributed by atoms with E-state index in [4.69, 9.17) is 10.2 Å². The summed E-state index contributed by atoms with van der Waals surface area (Å²) in [4.78, 5) is 8.25. The zero-order valence-electron chi connectivity index (χ0n) is 8.02. The second kappa shape index (κ2) is 3.42. The van der Waals surface area contributed by atoms with Crippen LogP contribution < -0.4 is 5.73 Å². The predicted octanol–water partition coefficient (Wildman–Crippen LogP) is 2.50. The molecule has 0 aliphatic carbocycles. The van der Waals surface area contributed by atoms with Crippen LogP contribution in [0.25, 0.3) is 11.5 Å². The highest BCUT2D eigenvalue weighted by Gasteiger charge is 2.10. The number of oxazole rings is 1. The molecule has 5 heteroatoms. The lowest BCUT2D eigenvalue weighted by molar-refractivity contribution is 0.592. The van der Waals surface area contributed by atoms with Crippen molar-refractivity contribution in [1.82, 2.24) is 9.97 Å². The summed E-state index contributed by atoms with van der Waals surface area (Å²) in [5, 5.41) is 3.05. The summed E-state index contributed by atoms with van der Waals surface area (Å²) < 4.78 is 5.17. The molecular weight excluding hydrogens is 198 g/mol. The van der Waals surface area contributed by atoms with Crippen molar-refractivity contribution in [2.45, 2.75) is 19.8 Å². The van der Waals surface area contributed by atoms with Gasteiger partial charge in [-0.2, -0.15) is 0 Å². The largest absolute Gasteiger partial charge is 0.422 e. The van der Waals surface area contributed by atoms with E-state index in [1.54, 1.807) is 17.5 Å². The maximum Gasteiger partial charge on any atom is 0.292 e. The lowest BCUT2D eigenvalue weighted by Gasteiger charge is -1.95. The van der Waals surface area contributed by atoms with E-state index < -0.39 is 0 Å². The molecule has 0 spiro atoms. The predicted molar refractivity (Wildman–Crippen MR) is 56.1 cm³/mol. The Morgan fingerprint density at radius 2 is 2.29 bits per heavy atom. The number of nitrogens with zero attached hydrogens (tertiary/aromatic N) is 2. The highest BCUT2D eigenvalue weighted by molar-refractivity contribution is 7.10. The third-order valence-corrected chi connectivity index (χ3v) is 2.94. The minimum Gasteiger partial charge on any atom is -0.422 e. The average molecular weight is 209 g/mol. The van der Waals surface area contributed by atoms with E-state index in [1.807, 2.05) is 5.38 Å². The normalized spacial score (nSPS) is 11.1. The van der Waals surface area contributed by atoms with Crippen LogP contribution in [-0.2, 0) is 0 Å². The molecule has 0 saturated carbocycles. The molecular formula is C9H11N3OS. The number of aromatic nitrogens is 2. The van der Waals surface area contributed by atoms with Gasteiger partial charge in [-0.05, 0) is 0 Å². The van der Waals surface area contributed by atoms with Crippen LogP contribution in [0.15, 0.2) is 16.0 Å². The molecule has 4 nitrogen and oxygen atoms in total. The average Bonchev–Trinajstić information content (AvgIpc) is 2.70. The molecule has 0 saturated heterocycles. The van der Waals surface area contributed by atoms with Crippen molar-refractivity contribution >= 4 is 17.4 Å². The van der Waals surface area contributed by atoms with E-state index in [9.17, 15) is 0 Å². The minimum absolute atomic E-state index is 0.180. The zero-order chi connectivity index (χ0) is 10.1. The van der Waals surface area contributed by atoms with Crippen molar-refractivity contribution in [3.63, 3.8) is 0 Å². The summed E-state index contributed by atoms with van der Waals surface area (Å²) >= 11 is 1.62. The third-order valence-electron chi connectivity index (χ3n) is 1.79. The van der Waals surface area contributed by atoms with Gasteiger partial charge in [0.1, 0.15) is 5.69 Å². The second-order valence-corrected chi connectivity index (χ2v) is 4.18. The van der Waals surface area contributed by atoms with Gasteiger partial charge in [-0.1, -0.05) is 13.8 Å². The smallest absolute Gasteiger partial charge is 0.292 e. The third kappa shape index (κ3) is 1.63. The fraction of sp³-hybridized carbons (Fsp3) is 0.333. The number of rotatable bonds is 2. The van der Waals surface area contributed by atoms with Gasteiger partial charge in [-0.15, -0.1) is 11.3 Å². The van der Waals surface area contributed by atoms with Crippen LogP contribution in [0, 0.1) is 0 Å². The molecule has 0 bridgehead atoms. The summed E-state index contributed by atoms with van der Waals surface area (Å²) in [5.41, 5.74) is 6.19. The zero-order valence-corrected chi connectivity index (χ0v) is 8.84. The van der Waals surface area contributed by atoms with Crippen LogP contribution in [0.3, 0.4) is 0 Å². The van der Waals surface area contributed by atoms with Crippen molar-refractivity contribution in [3.8, 4) is 11.5 Å². The SMILES string of the molecule is CC(C)c1nc(-c2cnc(N)o2)cs1. The first-order valence-corrected chi connectivity index (χ1v) is 5.22. The van der Waals surface area contributed by atoms with E-state index in [2.05, 4.69) is 23.8 Å². The number of hydrogen-bond acceptors (Lipinski definition) is 5. The molecule has 0 amide bonds.